The SMILES string of the molecule is CS(=O)(=O)C1(C(=O)N2CCc3cc(Br)cc(F)c3C2)CC1. The van der Waals surface area contributed by atoms with Gasteiger partial charge < -0.3 is 4.90 Å². The summed E-state index contributed by atoms with van der Waals surface area (Å²) in [5.41, 5.74) is 1.36. The zero-order valence-electron chi connectivity index (χ0n) is 11.5. The summed E-state index contributed by atoms with van der Waals surface area (Å²) in [6.07, 6.45) is 2.39. The Bertz CT molecular complexity index is 728. The second kappa shape index (κ2) is 4.78. The maximum Gasteiger partial charge on any atom is 0.244 e. The van der Waals surface area contributed by atoms with Crippen LogP contribution in [0, 0.1) is 5.82 Å². The lowest BCUT2D eigenvalue weighted by atomic mass is 9.99. The smallest absolute Gasteiger partial charge is 0.244 e. The Balaban J connectivity index is 1.89. The quantitative estimate of drug-likeness (QED) is 0.794. The fourth-order valence-electron chi connectivity index (χ4n) is 2.90. The molecule has 1 heterocycles. The zero-order chi connectivity index (χ0) is 15.4. The van der Waals surface area contributed by atoms with Crippen molar-refractivity contribution in [2.24, 2.45) is 0 Å². The van der Waals surface area contributed by atoms with Gasteiger partial charge in [0, 0.05) is 29.4 Å². The zero-order valence-corrected chi connectivity index (χ0v) is 13.9. The van der Waals surface area contributed by atoms with E-state index in [0.29, 0.717) is 35.8 Å². The maximum atomic E-state index is 14.0. The Morgan fingerprint density at radius 1 is 1.38 bits per heavy atom. The average Bonchev–Trinajstić information content (AvgIpc) is 3.18. The number of rotatable bonds is 2. The first-order valence-corrected chi connectivity index (χ1v) is 9.39. The first kappa shape index (κ1) is 15.0. The largest absolute Gasteiger partial charge is 0.337 e. The normalized spacial score (nSPS) is 20.0. The molecule has 1 aliphatic carbocycles. The van der Waals surface area contributed by atoms with Gasteiger partial charge in [-0.15, -0.1) is 0 Å². The van der Waals surface area contributed by atoms with E-state index in [4.69, 9.17) is 0 Å². The van der Waals surface area contributed by atoms with Gasteiger partial charge in [-0.1, -0.05) is 15.9 Å². The first-order chi connectivity index (χ1) is 9.74. The van der Waals surface area contributed by atoms with Gasteiger partial charge in [0.1, 0.15) is 5.82 Å². The Hall–Kier alpha value is -0.950. The minimum absolute atomic E-state index is 0.143. The van der Waals surface area contributed by atoms with Crippen LogP contribution in [-0.2, 0) is 27.6 Å². The average molecular weight is 376 g/mol. The third kappa shape index (κ3) is 2.40. The van der Waals surface area contributed by atoms with Gasteiger partial charge in [0.15, 0.2) is 14.6 Å². The number of nitrogens with zero attached hydrogens (tertiary/aromatic N) is 1. The lowest BCUT2D eigenvalue weighted by molar-refractivity contribution is -0.132. The Kier molecular flexibility index (Phi) is 3.40. The molecule has 0 atom stereocenters. The summed E-state index contributed by atoms with van der Waals surface area (Å²) in [6, 6.07) is 3.22. The summed E-state index contributed by atoms with van der Waals surface area (Å²) in [4.78, 5) is 14.0. The van der Waals surface area contributed by atoms with Crippen LogP contribution < -0.4 is 0 Å². The van der Waals surface area contributed by atoms with Crippen molar-refractivity contribution in [1.29, 1.82) is 0 Å². The van der Waals surface area contributed by atoms with Crippen molar-refractivity contribution in [2.75, 3.05) is 12.8 Å². The minimum atomic E-state index is -3.43. The van der Waals surface area contributed by atoms with Gasteiger partial charge in [0.05, 0.1) is 0 Å². The highest BCUT2D eigenvalue weighted by molar-refractivity contribution is 9.10. The van der Waals surface area contributed by atoms with Crippen LogP contribution in [0.3, 0.4) is 0 Å². The van der Waals surface area contributed by atoms with Gasteiger partial charge in [-0.05, 0) is 37.0 Å². The fraction of sp³-hybridized carbons (Fsp3) is 0.500. The molecule has 1 amide bonds. The van der Waals surface area contributed by atoms with Crippen LogP contribution in [0.2, 0.25) is 0 Å². The molecule has 4 nitrogen and oxygen atoms in total. The van der Waals surface area contributed by atoms with Crippen LogP contribution >= 0.6 is 15.9 Å². The number of carbonyl (C=O) groups excluding carboxylic acids is 1. The number of amides is 1. The lowest BCUT2D eigenvalue weighted by Crippen LogP contribution is -2.46. The molecule has 1 aliphatic heterocycles. The summed E-state index contributed by atoms with van der Waals surface area (Å²) >= 11 is 3.25. The van der Waals surface area contributed by atoms with E-state index in [1.807, 2.05) is 6.07 Å². The summed E-state index contributed by atoms with van der Waals surface area (Å²) in [5.74, 6) is -0.737. The van der Waals surface area contributed by atoms with Crippen molar-refractivity contribution in [1.82, 2.24) is 4.90 Å². The standard InChI is InChI=1S/C14H15BrFNO3S/c1-21(19,20)14(3-4-14)13(18)17-5-2-9-6-10(15)7-12(16)11(9)8-17/h6-7H,2-5,8H2,1H3. The second-order valence-electron chi connectivity index (χ2n) is 5.77. The molecular weight excluding hydrogens is 361 g/mol. The maximum absolute atomic E-state index is 14.0. The van der Waals surface area contributed by atoms with E-state index < -0.39 is 14.6 Å². The molecule has 0 unspecified atom stereocenters. The summed E-state index contributed by atoms with van der Waals surface area (Å²) in [5, 5.41) is 0. The van der Waals surface area contributed by atoms with Gasteiger partial charge in [0.2, 0.25) is 5.91 Å². The fourth-order valence-corrected chi connectivity index (χ4v) is 4.67. The van der Waals surface area contributed by atoms with Gasteiger partial charge >= 0.3 is 0 Å². The highest BCUT2D eigenvalue weighted by Gasteiger charge is 2.60. The van der Waals surface area contributed by atoms with E-state index in [1.54, 1.807) is 0 Å². The van der Waals surface area contributed by atoms with Crippen LogP contribution in [0.4, 0.5) is 4.39 Å². The van der Waals surface area contributed by atoms with E-state index in [9.17, 15) is 17.6 Å². The van der Waals surface area contributed by atoms with Crippen LogP contribution in [-0.4, -0.2) is 36.8 Å². The third-order valence-electron chi connectivity index (χ3n) is 4.34. The molecule has 1 saturated carbocycles. The highest BCUT2D eigenvalue weighted by Crippen LogP contribution is 2.45. The lowest BCUT2D eigenvalue weighted by Gasteiger charge is -2.31. The van der Waals surface area contributed by atoms with Crippen molar-refractivity contribution in [3.8, 4) is 0 Å². The van der Waals surface area contributed by atoms with Crippen LogP contribution in [0.25, 0.3) is 0 Å². The highest BCUT2D eigenvalue weighted by atomic mass is 79.9. The molecule has 114 valence electrons. The Morgan fingerprint density at radius 2 is 2.05 bits per heavy atom. The molecular formula is C14H15BrFNO3S. The molecule has 3 rings (SSSR count). The molecule has 0 radical (unpaired) electrons. The van der Waals surface area contributed by atoms with Crippen molar-refractivity contribution >= 4 is 31.7 Å². The predicted octanol–water partition coefficient (Wildman–Crippen LogP) is 2.05. The molecule has 21 heavy (non-hydrogen) atoms. The molecule has 0 bridgehead atoms. The van der Waals surface area contributed by atoms with Gasteiger partial charge in [0.25, 0.3) is 0 Å². The third-order valence-corrected chi connectivity index (χ3v) is 6.80. The number of fused-ring (bicyclic) bond motifs is 1. The Labute approximate surface area is 131 Å². The molecule has 2 aliphatic rings. The predicted molar refractivity (Wildman–Crippen MR) is 80.0 cm³/mol. The molecule has 0 saturated heterocycles. The van der Waals surface area contributed by atoms with Crippen molar-refractivity contribution in [3.63, 3.8) is 0 Å². The molecule has 1 aromatic carbocycles. The van der Waals surface area contributed by atoms with Crippen LogP contribution in [0.15, 0.2) is 16.6 Å². The van der Waals surface area contributed by atoms with E-state index >= 15 is 0 Å². The van der Waals surface area contributed by atoms with Gasteiger partial charge in [-0.25, -0.2) is 12.8 Å². The van der Waals surface area contributed by atoms with Crippen molar-refractivity contribution < 1.29 is 17.6 Å². The summed E-state index contributed by atoms with van der Waals surface area (Å²) < 4.78 is 37.1. The number of hydrogen-bond acceptors (Lipinski definition) is 3. The Morgan fingerprint density at radius 3 is 2.62 bits per heavy atom. The number of benzene rings is 1. The van der Waals surface area contributed by atoms with E-state index in [2.05, 4.69) is 15.9 Å². The minimum Gasteiger partial charge on any atom is -0.337 e. The van der Waals surface area contributed by atoms with E-state index in [-0.39, 0.29) is 18.3 Å². The first-order valence-electron chi connectivity index (χ1n) is 6.70. The van der Waals surface area contributed by atoms with E-state index in [1.165, 1.54) is 11.0 Å². The van der Waals surface area contributed by atoms with Crippen LogP contribution in [0.1, 0.15) is 24.0 Å². The monoisotopic (exact) mass is 375 g/mol. The van der Waals surface area contributed by atoms with Gasteiger partial charge in [-0.2, -0.15) is 0 Å². The summed E-state index contributed by atoms with van der Waals surface area (Å²) in [7, 11) is -3.43. The summed E-state index contributed by atoms with van der Waals surface area (Å²) in [6.45, 7) is 0.573. The number of sulfone groups is 1. The second-order valence-corrected chi connectivity index (χ2v) is 9.01. The molecule has 1 fully saturated rings. The van der Waals surface area contributed by atoms with E-state index in [0.717, 1.165) is 11.8 Å². The number of halogens is 2. The van der Waals surface area contributed by atoms with Gasteiger partial charge in [-0.3, -0.25) is 4.79 Å². The molecule has 7 heteroatoms. The van der Waals surface area contributed by atoms with Crippen molar-refractivity contribution in [3.05, 3.63) is 33.5 Å². The number of hydrogen-bond donors (Lipinski definition) is 0. The molecule has 0 spiro atoms. The van der Waals surface area contributed by atoms with Crippen molar-refractivity contribution in [2.45, 2.75) is 30.6 Å². The molecule has 1 aromatic rings. The van der Waals surface area contributed by atoms with Crippen LogP contribution in [0.5, 0.6) is 0 Å². The topological polar surface area (TPSA) is 54.5 Å². The molecule has 0 N–H and O–H groups in total. The number of carbonyl (C=O) groups is 1. The molecule has 0 aromatic heterocycles.